The average molecular weight is 409 g/mol. The molecule has 1 aromatic carbocycles. The van der Waals surface area contributed by atoms with E-state index in [2.05, 4.69) is 20.3 Å². The second-order valence-electron chi connectivity index (χ2n) is 7.30. The van der Waals surface area contributed by atoms with Gasteiger partial charge in [0.1, 0.15) is 18.0 Å². The van der Waals surface area contributed by atoms with Crippen LogP contribution >= 0.6 is 0 Å². The van der Waals surface area contributed by atoms with Crippen LogP contribution in [0.1, 0.15) is 28.9 Å². The molecule has 0 radical (unpaired) electrons. The normalized spacial score (nSPS) is 16.3. The number of piperidine rings is 1. The van der Waals surface area contributed by atoms with Crippen molar-refractivity contribution in [1.29, 1.82) is 0 Å². The number of carbonyl (C=O) groups excluding carboxylic acids is 1. The number of likely N-dealkylation sites (tertiary alicyclic amines) is 1. The van der Waals surface area contributed by atoms with Crippen molar-refractivity contribution in [2.75, 3.05) is 18.4 Å². The minimum Gasteiger partial charge on any atom is -0.338 e. The molecule has 1 amide bonds. The number of halogens is 2. The molecule has 154 valence electrons. The molecule has 0 spiro atoms. The van der Waals surface area contributed by atoms with Crippen molar-refractivity contribution >= 4 is 17.5 Å². The van der Waals surface area contributed by atoms with Gasteiger partial charge in [-0.05, 0) is 49.4 Å². The van der Waals surface area contributed by atoms with E-state index in [0.717, 1.165) is 24.6 Å². The first-order valence-electron chi connectivity index (χ1n) is 9.82. The number of pyridine rings is 1. The van der Waals surface area contributed by atoms with Gasteiger partial charge in [0.2, 0.25) is 0 Å². The molecule has 6 nitrogen and oxygen atoms in total. The van der Waals surface area contributed by atoms with Crippen LogP contribution in [0.2, 0.25) is 0 Å². The van der Waals surface area contributed by atoms with Gasteiger partial charge in [-0.3, -0.25) is 4.79 Å². The molecule has 1 N–H and O–H groups in total. The van der Waals surface area contributed by atoms with Gasteiger partial charge in [0.05, 0.1) is 5.56 Å². The Morgan fingerprint density at radius 3 is 2.83 bits per heavy atom. The molecular formula is C22H21F2N5O. The summed E-state index contributed by atoms with van der Waals surface area (Å²) in [6.45, 7) is 1.00. The van der Waals surface area contributed by atoms with Gasteiger partial charge < -0.3 is 10.2 Å². The smallest absolute Gasteiger partial charge is 0.256 e. The van der Waals surface area contributed by atoms with E-state index in [0.29, 0.717) is 31.1 Å². The molecule has 3 aromatic rings. The van der Waals surface area contributed by atoms with Crippen molar-refractivity contribution in [1.82, 2.24) is 19.9 Å². The fraction of sp³-hybridized carbons (Fsp3) is 0.273. The molecule has 2 aromatic heterocycles. The van der Waals surface area contributed by atoms with Crippen LogP contribution in [0.5, 0.6) is 0 Å². The second-order valence-corrected chi connectivity index (χ2v) is 7.30. The Balaban J connectivity index is 1.42. The van der Waals surface area contributed by atoms with Crippen molar-refractivity contribution in [2.45, 2.75) is 19.3 Å². The molecular weight excluding hydrogens is 388 g/mol. The van der Waals surface area contributed by atoms with Gasteiger partial charge in [0.15, 0.2) is 11.6 Å². The zero-order chi connectivity index (χ0) is 20.9. The number of anilines is 2. The Morgan fingerprint density at radius 2 is 2.00 bits per heavy atom. The van der Waals surface area contributed by atoms with Crippen molar-refractivity contribution < 1.29 is 13.6 Å². The number of carbonyl (C=O) groups is 1. The lowest BCUT2D eigenvalue weighted by molar-refractivity contribution is 0.0667. The summed E-state index contributed by atoms with van der Waals surface area (Å²) >= 11 is 0. The number of hydrogen-bond donors (Lipinski definition) is 1. The molecule has 3 heterocycles. The molecule has 4 rings (SSSR count). The highest BCUT2D eigenvalue weighted by Crippen LogP contribution is 2.24. The summed E-state index contributed by atoms with van der Waals surface area (Å²) < 4.78 is 27.5. The van der Waals surface area contributed by atoms with E-state index in [9.17, 15) is 13.6 Å². The third-order valence-corrected chi connectivity index (χ3v) is 5.13. The number of nitrogens with zero attached hydrogens (tertiary/aromatic N) is 4. The third kappa shape index (κ3) is 4.59. The highest BCUT2D eigenvalue weighted by atomic mass is 19.2. The third-order valence-electron chi connectivity index (χ3n) is 5.13. The maximum Gasteiger partial charge on any atom is 0.256 e. The first kappa shape index (κ1) is 19.9. The summed E-state index contributed by atoms with van der Waals surface area (Å²) in [5.41, 5.74) is 0.624. The van der Waals surface area contributed by atoms with Crippen molar-refractivity contribution in [2.24, 2.45) is 5.92 Å². The maximum atomic E-state index is 14.0. The van der Waals surface area contributed by atoms with E-state index >= 15 is 0 Å². The van der Waals surface area contributed by atoms with Crippen LogP contribution < -0.4 is 5.32 Å². The van der Waals surface area contributed by atoms with Crippen LogP contribution in [0.25, 0.3) is 0 Å². The van der Waals surface area contributed by atoms with Crippen molar-refractivity contribution in [3.8, 4) is 0 Å². The Kier molecular flexibility index (Phi) is 5.92. The monoisotopic (exact) mass is 409 g/mol. The second kappa shape index (κ2) is 8.94. The molecule has 30 heavy (non-hydrogen) atoms. The SMILES string of the molecule is O=C(c1cccc(F)c1F)N1CCC[C@H](Cc2cc(Nc3ccccn3)ncn2)C1. The lowest BCUT2D eigenvalue weighted by Gasteiger charge is -2.33. The summed E-state index contributed by atoms with van der Waals surface area (Å²) in [4.78, 5) is 27.1. The summed E-state index contributed by atoms with van der Waals surface area (Å²) in [7, 11) is 0. The summed E-state index contributed by atoms with van der Waals surface area (Å²) in [6, 6.07) is 11.1. The Morgan fingerprint density at radius 1 is 1.10 bits per heavy atom. The lowest BCUT2D eigenvalue weighted by atomic mass is 9.92. The van der Waals surface area contributed by atoms with Crippen LogP contribution in [-0.4, -0.2) is 38.8 Å². The van der Waals surface area contributed by atoms with Crippen LogP contribution in [0.3, 0.4) is 0 Å². The molecule has 1 fully saturated rings. The predicted octanol–water partition coefficient (Wildman–Crippen LogP) is 3.99. The Hall–Kier alpha value is -3.42. The van der Waals surface area contributed by atoms with Crippen LogP contribution in [-0.2, 0) is 6.42 Å². The van der Waals surface area contributed by atoms with Crippen molar-refractivity contribution in [3.05, 3.63) is 77.9 Å². The molecule has 1 saturated heterocycles. The maximum absolute atomic E-state index is 14.0. The fourth-order valence-electron chi connectivity index (χ4n) is 3.70. The number of aromatic nitrogens is 3. The summed E-state index contributed by atoms with van der Waals surface area (Å²) in [6.07, 6.45) is 5.59. The summed E-state index contributed by atoms with van der Waals surface area (Å²) in [5, 5.41) is 3.14. The minimum atomic E-state index is -1.09. The van der Waals surface area contributed by atoms with Gasteiger partial charge in [0, 0.05) is 31.0 Å². The first-order chi connectivity index (χ1) is 14.6. The number of amides is 1. The number of benzene rings is 1. The van der Waals surface area contributed by atoms with Crippen LogP contribution in [0.4, 0.5) is 20.4 Å². The van der Waals surface area contributed by atoms with Gasteiger partial charge in [-0.2, -0.15) is 0 Å². The molecule has 0 aliphatic carbocycles. The lowest BCUT2D eigenvalue weighted by Crippen LogP contribution is -2.41. The molecule has 0 unspecified atom stereocenters. The predicted molar refractivity (Wildman–Crippen MR) is 108 cm³/mol. The molecule has 0 bridgehead atoms. The van der Waals surface area contributed by atoms with Gasteiger partial charge in [-0.25, -0.2) is 23.7 Å². The average Bonchev–Trinajstić information content (AvgIpc) is 2.76. The quantitative estimate of drug-likeness (QED) is 0.690. The van der Waals surface area contributed by atoms with Crippen molar-refractivity contribution in [3.63, 3.8) is 0 Å². The fourth-order valence-corrected chi connectivity index (χ4v) is 3.70. The zero-order valence-electron chi connectivity index (χ0n) is 16.3. The van der Waals surface area contributed by atoms with Crippen LogP contribution in [0, 0.1) is 17.6 Å². The van der Waals surface area contributed by atoms with Gasteiger partial charge in [-0.1, -0.05) is 12.1 Å². The topological polar surface area (TPSA) is 71.0 Å². The van der Waals surface area contributed by atoms with Gasteiger partial charge in [-0.15, -0.1) is 0 Å². The van der Waals surface area contributed by atoms with Gasteiger partial charge in [0.25, 0.3) is 5.91 Å². The summed E-state index contributed by atoms with van der Waals surface area (Å²) in [5.74, 6) is -1.07. The van der Waals surface area contributed by atoms with Gasteiger partial charge >= 0.3 is 0 Å². The van der Waals surface area contributed by atoms with E-state index in [4.69, 9.17) is 0 Å². The molecule has 0 saturated carbocycles. The van der Waals surface area contributed by atoms with E-state index in [1.807, 2.05) is 24.3 Å². The van der Waals surface area contributed by atoms with E-state index in [1.165, 1.54) is 18.5 Å². The molecule has 1 aliphatic rings. The largest absolute Gasteiger partial charge is 0.338 e. The van der Waals surface area contributed by atoms with E-state index in [-0.39, 0.29) is 11.5 Å². The Bertz CT molecular complexity index is 1030. The van der Waals surface area contributed by atoms with E-state index in [1.54, 1.807) is 11.1 Å². The first-order valence-corrected chi connectivity index (χ1v) is 9.82. The standard InChI is InChI=1S/C22H21F2N5O/c23-18-7-3-6-17(21(18)24)22(30)29-10-4-5-15(13-29)11-16-12-20(27-14-26-16)28-19-8-1-2-9-25-19/h1-3,6-9,12,14-15H,4-5,10-11,13H2,(H,25,26,27,28)/t15-/m1/s1. The number of hydrogen-bond acceptors (Lipinski definition) is 5. The minimum absolute atomic E-state index is 0.178. The highest BCUT2D eigenvalue weighted by Gasteiger charge is 2.27. The Labute approximate surface area is 173 Å². The zero-order valence-corrected chi connectivity index (χ0v) is 16.3. The molecule has 1 atom stereocenters. The van der Waals surface area contributed by atoms with Crippen LogP contribution in [0.15, 0.2) is 55.0 Å². The molecule has 8 heteroatoms. The number of rotatable bonds is 5. The number of nitrogens with one attached hydrogen (secondary N) is 1. The van der Waals surface area contributed by atoms with E-state index < -0.39 is 17.5 Å². The highest BCUT2D eigenvalue weighted by molar-refractivity contribution is 5.94. The molecule has 1 aliphatic heterocycles.